The first-order valence-electron chi connectivity index (χ1n) is 11.6. The van der Waals surface area contributed by atoms with E-state index in [1.807, 2.05) is 66.9 Å². The smallest absolute Gasteiger partial charge is 0.224 e. The molecule has 0 aliphatic heterocycles. The molecule has 0 bridgehead atoms. The van der Waals surface area contributed by atoms with Gasteiger partial charge in [-0.25, -0.2) is 9.97 Å². The van der Waals surface area contributed by atoms with Gasteiger partial charge in [-0.05, 0) is 11.6 Å². The van der Waals surface area contributed by atoms with Gasteiger partial charge in [0.05, 0.1) is 6.42 Å². The van der Waals surface area contributed by atoms with Crippen molar-refractivity contribution in [1.29, 1.82) is 0 Å². The summed E-state index contributed by atoms with van der Waals surface area (Å²) in [6, 6.07) is 19.5. The number of aromatic amines is 1. The quantitative estimate of drug-likeness (QED) is 0.214. The molecule has 2 aromatic heterocycles. The lowest BCUT2D eigenvalue weighted by Gasteiger charge is -2.12. The van der Waals surface area contributed by atoms with E-state index < -0.39 is 0 Å². The van der Waals surface area contributed by atoms with Crippen molar-refractivity contribution in [3.05, 3.63) is 72.4 Å². The van der Waals surface area contributed by atoms with Crippen LogP contribution < -0.4 is 21.3 Å². The molecule has 0 aliphatic carbocycles. The van der Waals surface area contributed by atoms with Gasteiger partial charge in [0.15, 0.2) is 5.82 Å². The zero-order valence-corrected chi connectivity index (χ0v) is 19.6. The predicted octanol–water partition coefficient (Wildman–Crippen LogP) is 2.94. The van der Waals surface area contributed by atoms with Crippen LogP contribution in [0.25, 0.3) is 22.3 Å². The van der Waals surface area contributed by atoms with E-state index in [1.54, 1.807) is 0 Å². The largest absolute Gasteiger partial charge is 0.368 e. The highest BCUT2D eigenvalue weighted by Gasteiger charge is 2.09. The van der Waals surface area contributed by atoms with Gasteiger partial charge >= 0.3 is 0 Å². The molecule has 0 spiro atoms. The van der Waals surface area contributed by atoms with Crippen LogP contribution in [0.15, 0.2) is 66.9 Å². The van der Waals surface area contributed by atoms with Crippen molar-refractivity contribution in [3.8, 4) is 11.4 Å². The highest BCUT2D eigenvalue weighted by Crippen LogP contribution is 2.20. The van der Waals surface area contributed by atoms with Crippen molar-refractivity contribution < 1.29 is 9.59 Å². The Kier molecular flexibility index (Phi) is 7.90. The number of amides is 2. The number of fused-ring (bicyclic) bond motifs is 1. The summed E-state index contributed by atoms with van der Waals surface area (Å²) in [5.41, 5.74) is 2.90. The molecular formula is C26H29N7O2. The van der Waals surface area contributed by atoms with E-state index in [4.69, 9.17) is 0 Å². The minimum Gasteiger partial charge on any atom is -0.368 e. The molecule has 4 aromatic rings. The van der Waals surface area contributed by atoms with Crippen LogP contribution in [0.4, 0.5) is 11.6 Å². The molecule has 0 unspecified atom stereocenters. The Bertz CT molecular complexity index is 1290. The average molecular weight is 472 g/mol. The van der Waals surface area contributed by atoms with Gasteiger partial charge in [0.1, 0.15) is 11.6 Å². The summed E-state index contributed by atoms with van der Waals surface area (Å²) in [5.74, 6) is 1.76. The number of carbonyl (C=O) groups excluding carboxylic acids is 2. The lowest BCUT2D eigenvalue weighted by molar-refractivity contribution is -0.120. The van der Waals surface area contributed by atoms with Crippen LogP contribution in [0.5, 0.6) is 0 Å². The molecule has 0 fully saturated rings. The molecule has 180 valence electrons. The molecule has 9 nitrogen and oxygen atoms in total. The Morgan fingerprint density at radius 1 is 0.829 bits per heavy atom. The molecule has 5 N–H and O–H groups in total. The fourth-order valence-electron chi connectivity index (χ4n) is 3.68. The number of aromatic nitrogens is 3. The molecule has 0 radical (unpaired) electrons. The molecule has 0 saturated heterocycles. The molecule has 2 aromatic carbocycles. The number of hydrogen-bond acceptors (Lipinski definition) is 6. The average Bonchev–Trinajstić information content (AvgIpc) is 3.27. The van der Waals surface area contributed by atoms with Gasteiger partial charge in [-0.3, -0.25) is 9.59 Å². The van der Waals surface area contributed by atoms with Gasteiger partial charge in [-0.1, -0.05) is 48.5 Å². The van der Waals surface area contributed by atoms with Crippen LogP contribution in [-0.4, -0.2) is 52.9 Å². The highest BCUT2D eigenvalue weighted by molar-refractivity contribution is 5.88. The monoisotopic (exact) mass is 471 g/mol. The summed E-state index contributed by atoms with van der Waals surface area (Å²) < 4.78 is 0. The number of benzene rings is 2. The van der Waals surface area contributed by atoms with Crippen LogP contribution >= 0.6 is 0 Å². The Morgan fingerprint density at radius 3 is 2.20 bits per heavy atom. The number of carbonyl (C=O) groups is 2. The van der Waals surface area contributed by atoms with Gasteiger partial charge in [0.2, 0.25) is 11.8 Å². The standard InChI is InChI=1S/C26H29N7O2/c1-18(34)27-11-12-28-23-16-24(33-26(32-23)19-7-3-2-4-8-19)29-13-14-30-25(35)15-20-17-31-22-10-6-5-9-21(20)22/h2-10,16-17,31H,11-15H2,1H3,(H,27,34)(H,30,35)(H2,28,29,32,33). The first-order valence-corrected chi connectivity index (χ1v) is 11.6. The summed E-state index contributed by atoms with van der Waals surface area (Å²) >= 11 is 0. The molecule has 4 rings (SSSR count). The van der Waals surface area contributed by atoms with Gasteiger partial charge in [0, 0.05) is 61.8 Å². The molecule has 2 amide bonds. The van der Waals surface area contributed by atoms with E-state index in [9.17, 15) is 9.59 Å². The van der Waals surface area contributed by atoms with Crippen LogP contribution in [0, 0.1) is 0 Å². The summed E-state index contributed by atoms with van der Waals surface area (Å²) in [6.07, 6.45) is 2.20. The number of rotatable bonds is 11. The van der Waals surface area contributed by atoms with E-state index >= 15 is 0 Å². The van der Waals surface area contributed by atoms with Crippen LogP contribution in [0.1, 0.15) is 12.5 Å². The van der Waals surface area contributed by atoms with Crippen LogP contribution in [0.3, 0.4) is 0 Å². The number of para-hydroxylation sites is 1. The summed E-state index contributed by atoms with van der Waals surface area (Å²) in [5, 5.41) is 13.3. The molecule has 0 saturated carbocycles. The highest BCUT2D eigenvalue weighted by atomic mass is 16.2. The number of nitrogens with zero attached hydrogens (tertiary/aromatic N) is 2. The fraction of sp³-hybridized carbons (Fsp3) is 0.231. The maximum absolute atomic E-state index is 12.4. The normalized spacial score (nSPS) is 10.7. The van der Waals surface area contributed by atoms with E-state index in [0.717, 1.165) is 22.0 Å². The minimum atomic E-state index is -0.0754. The molecular weight excluding hydrogens is 442 g/mol. The summed E-state index contributed by atoms with van der Waals surface area (Å²) in [4.78, 5) is 35.9. The van der Waals surface area contributed by atoms with Crippen LogP contribution in [0.2, 0.25) is 0 Å². The van der Waals surface area contributed by atoms with Crippen molar-refractivity contribution in [2.45, 2.75) is 13.3 Å². The maximum atomic E-state index is 12.4. The predicted molar refractivity (Wildman–Crippen MR) is 138 cm³/mol. The summed E-state index contributed by atoms with van der Waals surface area (Å²) in [7, 11) is 0. The van der Waals surface area contributed by atoms with Gasteiger partial charge in [-0.2, -0.15) is 0 Å². The van der Waals surface area contributed by atoms with Crippen LogP contribution in [-0.2, 0) is 16.0 Å². The SMILES string of the molecule is CC(=O)NCCNc1cc(NCCNC(=O)Cc2c[nH]c3ccccc23)nc(-c2ccccc2)n1. The van der Waals surface area contributed by atoms with E-state index in [1.165, 1.54) is 6.92 Å². The molecule has 35 heavy (non-hydrogen) atoms. The van der Waals surface area contributed by atoms with Crippen molar-refractivity contribution in [2.75, 3.05) is 36.8 Å². The third-order valence-corrected chi connectivity index (χ3v) is 5.34. The van der Waals surface area contributed by atoms with Gasteiger partial charge in [0.25, 0.3) is 0 Å². The molecule has 2 heterocycles. The Labute approximate surface area is 203 Å². The fourth-order valence-corrected chi connectivity index (χ4v) is 3.68. The second-order valence-electron chi connectivity index (χ2n) is 8.05. The third kappa shape index (κ3) is 6.80. The second-order valence-corrected chi connectivity index (χ2v) is 8.05. The first kappa shape index (κ1) is 23.7. The van der Waals surface area contributed by atoms with Crippen molar-refractivity contribution in [1.82, 2.24) is 25.6 Å². The zero-order chi connectivity index (χ0) is 24.5. The van der Waals surface area contributed by atoms with E-state index in [2.05, 4.69) is 36.2 Å². The van der Waals surface area contributed by atoms with E-state index in [0.29, 0.717) is 50.1 Å². The molecule has 0 aliphatic rings. The topological polar surface area (TPSA) is 124 Å². The number of H-pyrrole nitrogens is 1. The lowest BCUT2D eigenvalue weighted by Crippen LogP contribution is -2.30. The van der Waals surface area contributed by atoms with Crippen molar-refractivity contribution in [3.63, 3.8) is 0 Å². The van der Waals surface area contributed by atoms with Crippen molar-refractivity contribution in [2.24, 2.45) is 0 Å². The lowest BCUT2D eigenvalue weighted by atomic mass is 10.1. The number of anilines is 2. The summed E-state index contributed by atoms with van der Waals surface area (Å²) in [6.45, 7) is 3.48. The minimum absolute atomic E-state index is 0.0375. The Hall–Kier alpha value is -4.40. The number of hydrogen-bond donors (Lipinski definition) is 5. The second kappa shape index (κ2) is 11.6. The van der Waals surface area contributed by atoms with Gasteiger partial charge < -0.3 is 26.3 Å². The molecule has 9 heteroatoms. The van der Waals surface area contributed by atoms with E-state index in [-0.39, 0.29) is 11.8 Å². The Balaban J connectivity index is 1.33. The third-order valence-electron chi connectivity index (χ3n) is 5.34. The zero-order valence-electron chi connectivity index (χ0n) is 19.6. The van der Waals surface area contributed by atoms with Crippen molar-refractivity contribution >= 4 is 34.4 Å². The number of nitrogens with one attached hydrogen (secondary N) is 5. The first-order chi connectivity index (χ1) is 17.1. The molecule has 0 atom stereocenters. The maximum Gasteiger partial charge on any atom is 0.224 e. The van der Waals surface area contributed by atoms with Gasteiger partial charge in [-0.15, -0.1) is 0 Å². The Morgan fingerprint density at radius 2 is 1.49 bits per heavy atom.